The van der Waals surface area contributed by atoms with E-state index < -0.39 is 0 Å². The summed E-state index contributed by atoms with van der Waals surface area (Å²) in [5, 5.41) is 3.30. The molecule has 2 heterocycles. The minimum atomic E-state index is -0.0269. The van der Waals surface area contributed by atoms with Gasteiger partial charge in [0.05, 0.1) is 6.04 Å². The fraction of sp³-hybridized carbons (Fsp3) is 0.562. The largest absolute Gasteiger partial charge is 0.486 e. The second-order valence-electron chi connectivity index (χ2n) is 5.67. The molecule has 0 radical (unpaired) electrons. The van der Waals surface area contributed by atoms with Gasteiger partial charge in [-0.05, 0) is 37.1 Å². The van der Waals surface area contributed by atoms with Gasteiger partial charge in [-0.15, -0.1) is 0 Å². The number of amides is 1. The average molecular weight is 290 g/mol. The number of likely N-dealkylation sites (N-methyl/N-ethyl adjacent to an activating group) is 1. The van der Waals surface area contributed by atoms with Crippen molar-refractivity contribution in [2.75, 3.05) is 26.8 Å². The standard InChI is InChI=1S/C16H22N2O3/c1-18(16(19)13-4-2-3-7-17-13)11-12-5-6-14-15(10-12)21-9-8-20-14/h5-6,10,13,17H,2-4,7-9,11H2,1H3/t13-/m0/s1. The third-order valence-electron chi connectivity index (χ3n) is 4.01. The first kappa shape index (κ1) is 14.2. The first-order valence-electron chi connectivity index (χ1n) is 7.61. The van der Waals surface area contributed by atoms with Crippen molar-refractivity contribution in [3.8, 4) is 11.5 Å². The second-order valence-corrected chi connectivity index (χ2v) is 5.67. The van der Waals surface area contributed by atoms with Gasteiger partial charge in [0.25, 0.3) is 0 Å². The summed E-state index contributed by atoms with van der Waals surface area (Å²) in [6.45, 7) is 2.71. The highest BCUT2D eigenvalue weighted by Gasteiger charge is 2.23. The van der Waals surface area contributed by atoms with Gasteiger partial charge < -0.3 is 19.7 Å². The minimum absolute atomic E-state index is 0.0269. The Morgan fingerprint density at radius 1 is 1.29 bits per heavy atom. The SMILES string of the molecule is CN(Cc1ccc2c(c1)OCCO2)C(=O)[C@@H]1CCCCN1. The lowest BCUT2D eigenvalue weighted by Crippen LogP contribution is -2.46. The number of ether oxygens (including phenoxy) is 2. The molecule has 1 amide bonds. The van der Waals surface area contributed by atoms with Crippen molar-refractivity contribution in [3.05, 3.63) is 23.8 Å². The number of piperidine rings is 1. The quantitative estimate of drug-likeness (QED) is 0.918. The van der Waals surface area contributed by atoms with Gasteiger partial charge in [0, 0.05) is 13.6 Å². The van der Waals surface area contributed by atoms with E-state index in [-0.39, 0.29) is 11.9 Å². The Balaban J connectivity index is 1.63. The van der Waals surface area contributed by atoms with Crippen LogP contribution in [0.4, 0.5) is 0 Å². The summed E-state index contributed by atoms with van der Waals surface area (Å²) in [5.41, 5.74) is 1.06. The van der Waals surface area contributed by atoms with Crippen molar-refractivity contribution in [2.45, 2.75) is 31.8 Å². The van der Waals surface area contributed by atoms with Crippen LogP contribution < -0.4 is 14.8 Å². The van der Waals surface area contributed by atoms with Crippen LogP contribution in [0.3, 0.4) is 0 Å². The number of carbonyl (C=O) groups is 1. The molecule has 0 spiro atoms. The fourth-order valence-electron chi connectivity index (χ4n) is 2.87. The summed E-state index contributed by atoms with van der Waals surface area (Å²) in [6, 6.07) is 5.85. The van der Waals surface area contributed by atoms with E-state index in [0.29, 0.717) is 19.8 Å². The molecule has 21 heavy (non-hydrogen) atoms. The molecule has 1 atom stereocenters. The Labute approximate surface area is 125 Å². The third-order valence-corrected chi connectivity index (χ3v) is 4.01. The molecule has 1 N–H and O–H groups in total. The smallest absolute Gasteiger partial charge is 0.239 e. The van der Waals surface area contributed by atoms with Crippen LogP contribution in [0.15, 0.2) is 18.2 Å². The van der Waals surface area contributed by atoms with Crippen LogP contribution in [0.1, 0.15) is 24.8 Å². The zero-order chi connectivity index (χ0) is 14.7. The number of hydrogen-bond acceptors (Lipinski definition) is 4. The highest BCUT2D eigenvalue weighted by molar-refractivity contribution is 5.81. The van der Waals surface area contributed by atoms with Crippen LogP contribution in [0.2, 0.25) is 0 Å². The Hall–Kier alpha value is -1.75. The van der Waals surface area contributed by atoms with Crippen LogP contribution >= 0.6 is 0 Å². The van der Waals surface area contributed by atoms with Crippen molar-refractivity contribution >= 4 is 5.91 Å². The predicted octanol–water partition coefficient (Wildman–Crippen LogP) is 1.56. The van der Waals surface area contributed by atoms with Crippen molar-refractivity contribution in [1.82, 2.24) is 10.2 Å². The van der Waals surface area contributed by atoms with Gasteiger partial charge in [-0.3, -0.25) is 4.79 Å². The molecular formula is C16H22N2O3. The molecule has 1 aromatic rings. The molecule has 1 fully saturated rings. The van der Waals surface area contributed by atoms with E-state index in [9.17, 15) is 4.79 Å². The van der Waals surface area contributed by atoms with Gasteiger partial charge in [0.1, 0.15) is 13.2 Å². The van der Waals surface area contributed by atoms with Gasteiger partial charge in [0.15, 0.2) is 11.5 Å². The van der Waals surface area contributed by atoms with Crippen LogP contribution in [-0.4, -0.2) is 43.7 Å². The highest BCUT2D eigenvalue weighted by Crippen LogP contribution is 2.31. The lowest BCUT2D eigenvalue weighted by atomic mass is 10.0. The normalized spacial score (nSPS) is 20.9. The van der Waals surface area contributed by atoms with Gasteiger partial charge >= 0.3 is 0 Å². The molecular weight excluding hydrogens is 268 g/mol. The molecule has 114 valence electrons. The zero-order valence-electron chi connectivity index (χ0n) is 12.4. The van der Waals surface area contributed by atoms with Crippen LogP contribution in [0.25, 0.3) is 0 Å². The van der Waals surface area contributed by atoms with Gasteiger partial charge in [-0.2, -0.15) is 0 Å². The van der Waals surface area contributed by atoms with E-state index in [0.717, 1.165) is 42.9 Å². The molecule has 2 aliphatic rings. The average Bonchev–Trinajstić information content (AvgIpc) is 2.55. The van der Waals surface area contributed by atoms with Crippen molar-refractivity contribution in [1.29, 1.82) is 0 Å². The summed E-state index contributed by atoms with van der Waals surface area (Å²) < 4.78 is 11.1. The Morgan fingerprint density at radius 2 is 2.10 bits per heavy atom. The number of nitrogens with one attached hydrogen (secondary N) is 1. The molecule has 3 rings (SSSR count). The van der Waals surface area contributed by atoms with Crippen LogP contribution in [-0.2, 0) is 11.3 Å². The maximum Gasteiger partial charge on any atom is 0.239 e. The van der Waals surface area contributed by atoms with E-state index >= 15 is 0 Å². The second kappa shape index (κ2) is 6.35. The van der Waals surface area contributed by atoms with Gasteiger partial charge in [-0.1, -0.05) is 12.5 Å². The van der Waals surface area contributed by atoms with E-state index in [1.165, 1.54) is 0 Å². The zero-order valence-corrected chi connectivity index (χ0v) is 12.4. The van der Waals surface area contributed by atoms with E-state index in [1.54, 1.807) is 4.90 Å². The summed E-state index contributed by atoms with van der Waals surface area (Å²) in [4.78, 5) is 14.2. The van der Waals surface area contributed by atoms with Crippen molar-refractivity contribution < 1.29 is 14.3 Å². The third kappa shape index (κ3) is 3.29. The first-order chi connectivity index (χ1) is 10.2. The van der Waals surface area contributed by atoms with Crippen molar-refractivity contribution in [2.24, 2.45) is 0 Å². The monoisotopic (exact) mass is 290 g/mol. The molecule has 1 aromatic carbocycles. The van der Waals surface area contributed by atoms with E-state index in [1.807, 2.05) is 25.2 Å². The predicted molar refractivity (Wildman–Crippen MR) is 79.5 cm³/mol. The molecule has 0 aliphatic carbocycles. The number of carbonyl (C=O) groups excluding carboxylic acids is 1. The Bertz CT molecular complexity index is 512. The topological polar surface area (TPSA) is 50.8 Å². The number of benzene rings is 1. The molecule has 5 heteroatoms. The molecule has 2 aliphatic heterocycles. The maximum atomic E-state index is 12.4. The first-order valence-corrected chi connectivity index (χ1v) is 7.61. The van der Waals surface area contributed by atoms with Gasteiger partial charge in [-0.25, -0.2) is 0 Å². The Kier molecular flexibility index (Phi) is 4.29. The number of rotatable bonds is 3. The molecule has 0 bridgehead atoms. The summed E-state index contributed by atoms with van der Waals surface area (Å²) in [7, 11) is 1.86. The van der Waals surface area contributed by atoms with E-state index in [2.05, 4.69) is 5.32 Å². The molecule has 1 saturated heterocycles. The molecule has 0 unspecified atom stereocenters. The summed E-state index contributed by atoms with van der Waals surface area (Å²) in [6.07, 6.45) is 3.22. The highest BCUT2D eigenvalue weighted by atomic mass is 16.6. The molecule has 0 aromatic heterocycles. The molecule has 0 saturated carbocycles. The number of nitrogens with zero attached hydrogens (tertiary/aromatic N) is 1. The van der Waals surface area contributed by atoms with Crippen LogP contribution in [0.5, 0.6) is 11.5 Å². The number of hydrogen-bond donors (Lipinski definition) is 1. The van der Waals surface area contributed by atoms with Crippen LogP contribution in [0, 0.1) is 0 Å². The van der Waals surface area contributed by atoms with E-state index in [4.69, 9.17) is 9.47 Å². The van der Waals surface area contributed by atoms with Gasteiger partial charge in [0.2, 0.25) is 5.91 Å². The summed E-state index contributed by atoms with van der Waals surface area (Å²) >= 11 is 0. The van der Waals surface area contributed by atoms with Crippen molar-refractivity contribution in [3.63, 3.8) is 0 Å². The fourth-order valence-corrected chi connectivity index (χ4v) is 2.87. The lowest BCUT2D eigenvalue weighted by Gasteiger charge is -2.28. The molecule has 5 nitrogen and oxygen atoms in total. The Morgan fingerprint density at radius 3 is 2.86 bits per heavy atom. The summed E-state index contributed by atoms with van der Waals surface area (Å²) in [5.74, 6) is 1.73. The lowest BCUT2D eigenvalue weighted by molar-refractivity contribution is -0.133. The number of fused-ring (bicyclic) bond motifs is 1. The minimum Gasteiger partial charge on any atom is -0.486 e. The maximum absolute atomic E-state index is 12.4.